The zero-order chi connectivity index (χ0) is 19.1. The first-order chi connectivity index (χ1) is 13.7. The number of aromatic nitrogens is 1. The van der Waals surface area contributed by atoms with Crippen LogP contribution in [-0.4, -0.2) is 41.0 Å². The number of rotatable bonds is 3. The van der Waals surface area contributed by atoms with Crippen molar-refractivity contribution < 1.29 is 18.7 Å². The Morgan fingerprint density at radius 1 is 1.29 bits per heavy atom. The van der Waals surface area contributed by atoms with E-state index in [9.17, 15) is 9.59 Å². The third kappa shape index (κ3) is 3.18. The molecule has 1 aromatic carbocycles. The van der Waals surface area contributed by atoms with Crippen LogP contribution in [0.1, 0.15) is 34.0 Å². The lowest BCUT2D eigenvalue weighted by Gasteiger charge is -2.25. The van der Waals surface area contributed by atoms with Crippen LogP contribution in [0.15, 0.2) is 34.7 Å². The van der Waals surface area contributed by atoms with Crippen molar-refractivity contribution in [1.82, 2.24) is 9.88 Å². The number of hydrogen-bond donors (Lipinski definition) is 1. The molecule has 4 heterocycles. The molecule has 1 N–H and O–H groups in total. The van der Waals surface area contributed by atoms with Crippen molar-refractivity contribution in [2.24, 2.45) is 0 Å². The van der Waals surface area contributed by atoms with Crippen molar-refractivity contribution in [3.8, 4) is 0 Å². The number of carbonyl (C=O) groups is 2. The highest BCUT2D eigenvalue weighted by Gasteiger charge is 2.28. The van der Waals surface area contributed by atoms with Crippen molar-refractivity contribution in [3.05, 3.63) is 46.7 Å². The fourth-order valence-corrected chi connectivity index (χ4v) is 4.66. The van der Waals surface area contributed by atoms with Crippen molar-refractivity contribution in [1.29, 1.82) is 0 Å². The van der Waals surface area contributed by atoms with Gasteiger partial charge in [-0.15, -0.1) is 0 Å². The van der Waals surface area contributed by atoms with E-state index in [1.54, 1.807) is 11.0 Å². The van der Waals surface area contributed by atoms with Gasteiger partial charge in [0.25, 0.3) is 11.8 Å². The number of ether oxygens (including phenoxy) is 1. The quantitative estimate of drug-likeness (QED) is 0.734. The number of thiazole rings is 1. The number of furan rings is 1. The smallest absolute Gasteiger partial charge is 0.289 e. The summed E-state index contributed by atoms with van der Waals surface area (Å²) in [4.78, 5) is 32.4. The summed E-state index contributed by atoms with van der Waals surface area (Å²) in [5.74, 6) is 0.0834. The average Bonchev–Trinajstić information content (AvgIpc) is 3.44. The maximum atomic E-state index is 12.9. The topological polar surface area (TPSA) is 84.7 Å². The molecule has 0 saturated carbocycles. The first kappa shape index (κ1) is 17.4. The van der Waals surface area contributed by atoms with E-state index in [0.29, 0.717) is 42.6 Å². The van der Waals surface area contributed by atoms with E-state index in [2.05, 4.69) is 10.3 Å². The van der Waals surface area contributed by atoms with Gasteiger partial charge < -0.3 is 14.1 Å². The molecule has 144 valence electrons. The Morgan fingerprint density at radius 2 is 2.18 bits per heavy atom. The Balaban J connectivity index is 1.30. The van der Waals surface area contributed by atoms with E-state index in [4.69, 9.17) is 9.15 Å². The largest absolute Gasteiger partial charge is 0.451 e. The fraction of sp³-hybridized carbons (Fsp3) is 0.350. The molecule has 0 spiro atoms. The average molecular weight is 397 g/mol. The number of benzene rings is 1. The molecule has 1 unspecified atom stereocenters. The Hall–Kier alpha value is -2.71. The predicted molar refractivity (Wildman–Crippen MR) is 104 cm³/mol. The molecule has 2 amide bonds. The Labute approximate surface area is 165 Å². The molecule has 1 fully saturated rings. The first-order valence-corrected chi connectivity index (χ1v) is 10.2. The summed E-state index contributed by atoms with van der Waals surface area (Å²) in [6.07, 6.45) is 1.93. The van der Waals surface area contributed by atoms with Crippen molar-refractivity contribution in [2.45, 2.75) is 31.9 Å². The molecule has 0 aliphatic carbocycles. The first-order valence-electron chi connectivity index (χ1n) is 9.36. The Bertz CT molecular complexity index is 1020. The van der Waals surface area contributed by atoms with E-state index >= 15 is 0 Å². The van der Waals surface area contributed by atoms with Crippen molar-refractivity contribution >= 4 is 39.3 Å². The number of anilines is 1. The third-order valence-corrected chi connectivity index (χ3v) is 6.10. The van der Waals surface area contributed by atoms with Gasteiger partial charge in [-0.2, -0.15) is 0 Å². The van der Waals surface area contributed by atoms with Crippen LogP contribution in [-0.2, 0) is 22.5 Å². The minimum Gasteiger partial charge on any atom is -0.451 e. The van der Waals surface area contributed by atoms with Crippen LogP contribution in [0.5, 0.6) is 0 Å². The number of hydrogen-bond acceptors (Lipinski definition) is 6. The van der Waals surface area contributed by atoms with Crippen LogP contribution in [0.2, 0.25) is 0 Å². The molecule has 2 aliphatic heterocycles. The molecule has 2 aliphatic rings. The van der Waals surface area contributed by atoms with Crippen LogP contribution >= 0.6 is 11.3 Å². The van der Waals surface area contributed by atoms with Gasteiger partial charge in [0, 0.05) is 29.8 Å². The number of para-hydroxylation sites is 1. The monoisotopic (exact) mass is 397 g/mol. The van der Waals surface area contributed by atoms with Gasteiger partial charge in [-0.05, 0) is 25.0 Å². The van der Waals surface area contributed by atoms with E-state index < -0.39 is 0 Å². The second-order valence-corrected chi connectivity index (χ2v) is 8.09. The van der Waals surface area contributed by atoms with Crippen LogP contribution in [0, 0.1) is 0 Å². The molecule has 0 bridgehead atoms. The summed E-state index contributed by atoms with van der Waals surface area (Å²) in [6.45, 7) is 1.68. The van der Waals surface area contributed by atoms with Crippen LogP contribution in [0.25, 0.3) is 11.0 Å². The fourth-order valence-electron chi connectivity index (χ4n) is 3.64. The van der Waals surface area contributed by atoms with Gasteiger partial charge in [0.2, 0.25) is 0 Å². The normalized spacial score (nSPS) is 19.0. The maximum Gasteiger partial charge on any atom is 0.289 e. The summed E-state index contributed by atoms with van der Waals surface area (Å²) < 4.78 is 11.1. The lowest BCUT2D eigenvalue weighted by molar-refractivity contribution is -0.124. The van der Waals surface area contributed by atoms with Gasteiger partial charge >= 0.3 is 0 Å². The lowest BCUT2D eigenvalue weighted by Crippen LogP contribution is -2.35. The van der Waals surface area contributed by atoms with Gasteiger partial charge in [-0.3, -0.25) is 14.9 Å². The number of amides is 2. The van der Waals surface area contributed by atoms with Crippen molar-refractivity contribution in [2.75, 3.05) is 18.5 Å². The molecule has 7 nitrogen and oxygen atoms in total. The maximum absolute atomic E-state index is 12.9. The molecule has 0 radical (unpaired) electrons. The van der Waals surface area contributed by atoms with Crippen LogP contribution in [0.3, 0.4) is 0 Å². The number of carbonyl (C=O) groups excluding carboxylic acids is 2. The van der Waals surface area contributed by atoms with Crippen LogP contribution in [0.4, 0.5) is 5.13 Å². The second kappa shape index (κ2) is 7.03. The number of nitrogens with zero attached hydrogens (tertiary/aromatic N) is 2. The Morgan fingerprint density at radius 3 is 3.00 bits per heavy atom. The van der Waals surface area contributed by atoms with Gasteiger partial charge in [-0.1, -0.05) is 29.5 Å². The summed E-state index contributed by atoms with van der Waals surface area (Å²) in [6, 6.07) is 9.37. The van der Waals surface area contributed by atoms with E-state index in [0.717, 1.165) is 28.8 Å². The zero-order valence-corrected chi connectivity index (χ0v) is 16.0. The second-order valence-electron chi connectivity index (χ2n) is 7.00. The van der Waals surface area contributed by atoms with Gasteiger partial charge in [0.05, 0.1) is 12.2 Å². The molecule has 2 aromatic heterocycles. The molecule has 28 heavy (non-hydrogen) atoms. The minimum atomic E-state index is -0.382. The standard InChI is InChI=1S/C20H19N3O4S/c24-18(15-6-3-9-26-15)22-20-21-13-7-8-23(11-17(13)28-20)19(25)16-10-12-4-1-2-5-14(12)27-16/h1-2,4-5,10,15H,3,6-9,11H2,(H,21,22,24). The van der Waals surface area contributed by atoms with E-state index in [1.807, 2.05) is 24.3 Å². The summed E-state index contributed by atoms with van der Waals surface area (Å²) in [5.41, 5.74) is 1.65. The van der Waals surface area contributed by atoms with Crippen molar-refractivity contribution in [3.63, 3.8) is 0 Å². The molecule has 1 saturated heterocycles. The number of fused-ring (bicyclic) bond motifs is 2. The highest BCUT2D eigenvalue weighted by atomic mass is 32.1. The highest BCUT2D eigenvalue weighted by Crippen LogP contribution is 2.30. The predicted octanol–water partition coefficient (Wildman–Crippen LogP) is 3.21. The minimum absolute atomic E-state index is 0.125. The molecule has 1 atom stereocenters. The molecule has 3 aromatic rings. The highest BCUT2D eigenvalue weighted by molar-refractivity contribution is 7.15. The van der Waals surface area contributed by atoms with Gasteiger partial charge in [0.1, 0.15) is 11.7 Å². The Kier molecular flexibility index (Phi) is 4.37. The van der Waals surface area contributed by atoms with Gasteiger partial charge in [0.15, 0.2) is 10.9 Å². The molecular formula is C20H19N3O4S. The SMILES string of the molecule is O=C(Nc1nc2c(s1)CN(C(=O)c1cc3ccccc3o1)CC2)C1CCCO1. The van der Waals surface area contributed by atoms with E-state index in [1.165, 1.54) is 11.3 Å². The summed E-state index contributed by atoms with van der Waals surface area (Å²) in [7, 11) is 0. The van der Waals surface area contributed by atoms with Crippen LogP contribution < -0.4 is 5.32 Å². The third-order valence-electron chi connectivity index (χ3n) is 5.11. The molecule has 5 rings (SSSR count). The molecular weight excluding hydrogens is 378 g/mol. The number of nitrogens with one attached hydrogen (secondary N) is 1. The zero-order valence-electron chi connectivity index (χ0n) is 15.1. The lowest BCUT2D eigenvalue weighted by atomic mass is 10.1. The molecule has 8 heteroatoms. The summed E-state index contributed by atoms with van der Waals surface area (Å²) in [5, 5.41) is 4.35. The van der Waals surface area contributed by atoms with E-state index in [-0.39, 0.29) is 17.9 Å². The van der Waals surface area contributed by atoms with Gasteiger partial charge in [-0.25, -0.2) is 4.98 Å². The summed E-state index contributed by atoms with van der Waals surface area (Å²) >= 11 is 1.42.